The van der Waals surface area contributed by atoms with E-state index >= 15 is 0 Å². The van der Waals surface area contributed by atoms with Gasteiger partial charge in [-0.25, -0.2) is 9.97 Å². The zero-order valence-electron chi connectivity index (χ0n) is 18.1. The highest BCUT2D eigenvalue weighted by Gasteiger charge is 2.42. The van der Waals surface area contributed by atoms with Crippen LogP contribution in [0.1, 0.15) is 51.3 Å². The summed E-state index contributed by atoms with van der Waals surface area (Å²) in [5.74, 6) is 3.52. The van der Waals surface area contributed by atoms with Crippen molar-refractivity contribution >= 4 is 11.3 Å². The van der Waals surface area contributed by atoms with Crippen molar-refractivity contribution in [1.82, 2.24) is 14.4 Å². The number of hydrogen-bond donors (Lipinski definition) is 1. The smallest absolute Gasteiger partial charge is 0.150 e. The van der Waals surface area contributed by atoms with Crippen molar-refractivity contribution in [2.45, 2.75) is 45.4 Å². The second kappa shape index (κ2) is 7.73. The fourth-order valence-corrected chi connectivity index (χ4v) is 4.56. The molecule has 1 fully saturated rings. The van der Waals surface area contributed by atoms with Gasteiger partial charge in [0, 0.05) is 23.9 Å². The van der Waals surface area contributed by atoms with Gasteiger partial charge in [-0.3, -0.25) is 4.40 Å². The molecule has 2 aromatic heterocycles. The maximum absolute atomic E-state index is 6.31. The number of ether oxygens (including phenoxy) is 1. The molecule has 1 atom stereocenters. The van der Waals surface area contributed by atoms with Gasteiger partial charge in [0.05, 0.1) is 0 Å². The molecule has 1 aliphatic rings. The molecule has 0 unspecified atom stereocenters. The molecule has 2 N–H and O–H groups in total. The molecule has 0 amide bonds. The van der Waals surface area contributed by atoms with Gasteiger partial charge in [0.2, 0.25) is 0 Å². The molecule has 0 aliphatic heterocycles. The van der Waals surface area contributed by atoms with Gasteiger partial charge < -0.3 is 10.5 Å². The van der Waals surface area contributed by atoms with Crippen molar-refractivity contribution in [1.29, 1.82) is 0 Å². The number of hydrogen-bond acceptors (Lipinski definition) is 4. The standard InChI is InChI=1S/C26H28N4O/c1-3-26(13-14-26)17-18(2)25-29-22(23-24(27)28-15-16-30(23)25)19-9-11-21(12-10-19)31-20-7-5-4-6-8-20/h4-12,15-16,18H,3,13-14,17H2,1-2H3,(H2,27,28)/t18-/m0/s1. The number of nitrogens with zero attached hydrogens (tertiary/aromatic N) is 3. The minimum Gasteiger partial charge on any atom is -0.457 e. The molecule has 0 bridgehead atoms. The monoisotopic (exact) mass is 412 g/mol. The lowest BCUT2D eigenvalue weighted by atomic mass is 9.90. The number of fused-ring (bicyclic) bond motifs is 1. The molecule has 0 radical (unpaired) electrons. The zero-order chi connectivity index (χ0) is 21.4. The molecule has 158 valence electrons. The first-order valence-electron chi connectivity index (χ1n) is 11.0. The third kappa shape index (κ3) is 3.76. The van der Waals surface area contributed by atoms with Crippen molar-refractivity contribution in [3.63, 3.8) is 0 Å². The first-order valence-corrected chi connectivity index (χ1v) is 11.0. The van der Waals surface area contributed by atoms with Crippen LogP contribution < -0.4 is 10.5 Å². The average molecular weight is 413 g/mol. The molecule has 31 heavy (non-hydrogen) atoms. The number of aromatic nitrogens is 3. The van der Waals surface area contributed by atoms with Crippen molar-refractivity contribution in [2.24, 2.45) is 5.41 Å². The number of anilines is 1. The number of para-hydroxylation sites is 1. The molecule has 2 aromatic carbocycles. The molecule has 1 saturated carbocycles. The molecular weight excluding hydrogens is 384 g/mol. The quantitative estimate of drug-likeness (QED) is 0.378. The normalized spacial score (nSPS) is 15.7. The van der Waals surface area contributed by atoms with Crippen LogP contribution in [0, 0.1) is 5.41 Å². The summed E-state index contributed by atoms with van der Waals surface area (Å²) in [6, 6.07) is 17.8. The van der Waals surface area contributed by atoms with Crippen molar-refractivity contribution < 1.29 is 4.74 Å². The van der Waals surface area contributed by atoms with Gasteiger partial charge in [-0.2, -0.15) is 0 Å². The lowest BCUT2D eigenvalue weighted by Crippen LogP contribution is -2.08. The summed E-state index contributed by atoms with van der Waals surface area (Å²) in [4.78, 5) is 9.42. The Bertz CT molecular complexity index is 1190. The molecule has 1 aliphatic carbocycles. The van der Waals surface area contributed by atoms with E-state index in [-0.39, 0.29) is 0 Å². The van der Waals surface area contributed by atoms with E-state index in [4.69, 9.17) is 15.5 Å². The zero-order valence-corrected chi connectivity index (χ0v) is 18.1. The van der Waals surface area contributed by atoms with Crippen molar-refractivity contribution in [3.8, 4) is 22.8 Å². The van der Waals surface area contributed by atoms with E-state index in [2.05, 4.69) is 23.2 Å². The summed E-state index contributed by atoms with van der Waals surface area (Å²) in [5, 5.41) is 0. The van der Waals surface area contributed by atoms with Crippen LogP contribution in [0.2, 0.25) is 0 Å². The summed E-state index contributed by atoms with van der Waals surface area (Å²) < 4.78 is 8.06. The predicted octanol–water partition coefficient (Wildman–Crippen LogP) is 6.45. The Morgan fingerprint density at radius 2 is 1.77 bits per heavy atom. The SMILES string of the molecule is CCC1(C[C@H](C)c2nc(-c3ccc(Oc4ccccc4)cc3)c3c(N)nccn23)CC1. The molecule has 5 nitrogen and oxygen atoms in total. The molecule has 5 rings (SSSR count). The van der Waals surface area contributed by atoms with Crippen LogP contribution in [0.3, 0.4) is 0 Å². The Kier molecular flexibility index (Phi) is 4.89. The largest absolute Gasteiger partial charge is 0.457 e. The van der Waals surface area contributed by atoms with E-state index in [9.17, 15) is 0 Å². The van der Waals surface area contributed by atoms with E-state index in [0.717, 1.165) is 40.5 Å². The number of nitrogen functional groups attached to an aromatic ring is 1. The first-order chi connectivity index (χ1) is 15.1. The van der Waals surface area contributed by atoms with Gasteiger partial charge in [0.15, 0.2) is 0 Å². The molecule has 0 spiro atoms. The van der Waals surface area contributed by atoms with Crippen molar-refractivity contribution in [2.75, 3.05) is 5.73 Å². The number of nitrogens with two attached hydrogens (primary N) is 1. The molecular formula is C26H28N4O. The van der Waals surface area contributed by atoms with E-state index < -0.39 is 0 Å². The minimum atomic E-state index is 0.353. The van der Waals surface area contributed by atoms with Crippen LogP contribution in [-0.2, 0) is 0 Å². The van der Waals surface area contributed by atoms with Crippen LogP contribution in [0.5, 0.6) is 11.5 Å². The average Bonchev–Trinajstić information content (AvgIpc) is 3.45. The van der Waals surface area contributed by atoms with Crippen LogP contribution >= 0.6 is 0 Å². The van der Waals surface area contributed by atoms with Crippen LogP contribution in [0.4, 0.5) is 5.82 Å². The van der Waals surface area contributed by atoms with E-state index in [1.165, 1.54) is 19.3 Å². The maximum Gasteiger partial charge on any atom is 0.150 e. The number of imidazole rings is 1. The second-order valence-electron chi connectivity index (χ2n) is 8.75. The number of rotatable bonds is 7. The molecule has 5 heteroatoms. The Hall–Kier alpha value is -3.34. The van der Waals surface area contributed by atoms with E-state index in [1.54, 1.807) is 6.20 Å². The van der Waals surface area contributed by atoms with Gasteiger partial charge in [0.1, 0.15) is 34.4 Å². The predicted molar refractivity (Wildman–Crippen MR) is 124 cm³/mol. The van der Waals surface area contributed by atoms with E-state index in [1.807, 2.05) is 60.8 Å². The van der Waals surface area contributed by atoms with Crippen LogP contribution in [-0.4, -0.2) is 14.4 Å². The fourth-order valence-electron chi connectivity index (χ4n) is 4.56. The molecule has 2 heterocycles. The second-order valence-corrected chi connectivity index (χ2v) is 8.75. The van der Waals surface area contributed by atoms with Gasteiger partial charge >= 0.3 is 0 Å². The van der Waals surface area contributed by atoms with Crippen molar-refractivity contribution in [3.05, 3.63) is 72.8 Å². The van der Waals surface area contributed by atoms with Crippen LogP contribution in [0.25, 0.3) is 16.8 Å². The van der Waals surface area contributed by atoms with Gasteiger partial charge in [-0.15, -0.1) is 0 Å². The van der Waals surface area contributed by atoms with Gasteiger partial charge in [-0.05, 0) is 61.1 Å². The third-order valence-electron chi connectivity index (χ3n) is 6.60. The molecule has 0 saturated heterocycles. The minimum absolute atomic E-state index is 0.353. The van der Waals surface area contributed by atoms with Crippen LogP contribution in [0.15, 0.2) is 67.0 Å². The Labute approximate surface area is 182 Å². The Morgan fingerprint density at radius 3 is 2.45 bits per heavy atom. The third-order valence-corrected chi connectivity index (χ3v) is 6.60. The lowest BCUT2D eigenvalue weighted by molar-refractivity contribution is 0.404. The summed E-state index contributed by atoms with van der Waals surface area (Å²) in [7, 11) is 0. The molecule has 4 aromatic rings. The van der Waals surface area contributed by atoms with E-state index in [0.29, 0.717) is 17.2 Å². The van der Waals surface area contributed by atoms with Gasteiger partial charge in [0.25, 0.3) is 0 Å². The summed E-state index contributed by atoms with van der Waals surface area (Å²) >= 11 is 0. The first kappa shape index (κ1) is 19.6. The maximum atomic E-state index is 6.31. The Balaban J connectivity index is 1.49. The summed E-state index contributed by atoms with van der Waals surface area (Å²) in [6.07, 6.45) is 8.79. The highest BCUT2D eigenvalue weighted by Crippen LogP contribution is 2.54. The summed E-state index contributed by atoms with van der Waals surface area (Å²) in [6.45, 7) is 4.58. The topological polar surface area (TPSA) is 65.4 Å². The number of benzene rings is 2. The fraction of sp³-hybridized carbons (Fsp3) is 0.308. The van der Waals surface area contributed by atoms with Gasteiger partial charge in [-0.1, -0.05) is 38.5 Å². The highest BCUT2D eigenvalue weighted by atomic mass is 16.5. The Morgan fingerprint density at radius 1 is 1.06 bits per heavy atom. The summed E-state index contributed by atoms with van der Waals surface area (Å²) in [5.41, 5.74) is 9.57. The lowest BCUT2D eigenvalue weighted by Gasteiger charge is -2.17. The highest BCUT2D eigenvalue weighted by molar-refractivity contribution is 5.85.